The molecule has 0 unspecified atom stereocenters. The number of benzene rings is 1. The topological polar surface area (TPSA) is 33.2 Å². The lowest BCUT2D eigenvalue weighted by Gasteiger charge is -2.15. The second kappa shape index (κ2) is 6.48. The number of carbonyl (C=O) groups is 1. The van der Waals surface area contributed by atoms with Crippen LogP contribution >= 0.6 is 11.3 Å². The molecule has 0 atom stereocenters. The fraction of sp³-hybridized carbons (Fsp3) is 0.333. The molecular formula is C15H18N2OS. The van der Waals surface area contributed by atoms with E-state index in [1.54, 1.807) is 16.2 Å². The Morgan fingerprint density at radius 1 is 1.32 bits per heavy atom. The average Bonchev–Trinajstić information content (AvgIpc) is 2.82. The molecule has 0 aliphatic rings. The summed E-state index contributed by atoms with van der Waals surface area (Å²) in [6, 6.07) is 10.1. The zero-order valence-electron chi connectivity index (χ0n) is 11.3. The van der Waals surface area contributed by atoms with Crippen LogP contribution in [0.4, 0.5) is 0 Å². The molecule has 0 aliphatic carbocycles. The summed E-state index contributed by atoms with van der Waals surface area (Å²) in [4.78, 5) is 18.2. The van der Waals surface area contributed by atoms with E-state index in [9.17, 15) is 4.79 Å². The van der Waals surface area contributed by atoms with Crippen molar-refractivity contribution in [2.24, 2.45) is 0 Å². The van der Waals surface area contributed by atoms with Crippen molar-refractivity contribution in [2.45, 2.75) is 26.3 Å². The predicted molar refractivity (Wildman–Crippen MR) is 78.1 cm³/mol. The summed E-state index contributed by atoms with van der Waals surface area (Å²) in [5.41, 5.74) is 2.17. The van der Waals surface area contributed by atoms with Crippen molar-refractivity contribution in [3.05, 3.63) is 52.0 Å². The molecule has 100 valence electrons. The highest BCUT2D eigenvalue weighted by atomic mass is 32.1. The molecular weight excluding hydrogens is 256 g/mol. The van der Waals surface area contributed by atoms with Gasteiger partial charge in [-0.05, 0) is 18.9 Å². The average molecular weight is 274 g/mol. The van der Waals surface area contributed by atoms with Gasteiger partial charge in [0, 0.05) is 18.8 Å². The Kier molecular flexibility index (Phi) is 4.68. The van der Waals surface area contributed by atoms with Gasteiger partial charge in [0.2, 0.25) is 5.91 Å². The zero-order chi connectivity index (χ0) is 13.7. The Balaban J connectivity index is 1.82. The summed E-state index contributed by atoms with van der Waals surface area (Å²) in [5.74, 6) is 0.162. The molecule has 0 radical (unpaired) electrons. The Morgan fingerprint density at radius 2 is 2.05 bits per heavy atom. The van der Waals surface area contributed by atoms with E-state index < -0.39 is 0 Å². The van der Waals surface area contributed by atoms with Crippen LogP contribution in [0, 0.1) is 6.92 Å². The molecule has 19 heavy (non-hydrogen) atoms. The third kappa shape index (κ3) is 4.17. The van der Waals surface area contributed by atoms with Gasteiger partial charge < -0.3 is 4.90 Å². The monoisotopic (exact) mass is 274 g/mol. The molecule has 0 N–H and O–H groups in total. The van der Waals surface area contributed by atoms with Gasteiger partial charge in [-0.15, -0.1) is 11.3 Å². The lowest BCUT2D eigenvalue weighted by molar-refractivity contribution is -0.130. The van der Waals surface area contributed by atoms with Crippen LogP contribution in [0.3, 0.4) is 0 Å². The van der Waals surface area contributed by atoms with Crippen molar-refractivity contribution in [3.8, 4) is 0 Å². The standard InChI is InChI=1S/C15H18N2OS/c1-12-16-14(11-19-12)10-17(2)15(18)9-8-13-6-4-3-5-7-13/h3-7,11H,8-10H2,1-2H3. The van der Waals surface area contributed by atoms with Crippen molar-refractivity contribution in [1.82, 2.24) is 9.88 Å². The fourth-order valence-corrected chi connectivity index (χ4v) is 2.50. The van der Waals surface area contributed by atoms with Crippen LogP contribution in [0.2, 0.25) is 0 Å². The maximum atomic E-state index is 12.0. The maximum Gasteiger partial charge on any atom is 0.222 e. The first-order chi connectivity index (χ1) is 9.15. The maximum absolute atomic E-state index is 12.0. The van der Waals surface area contributed by atoms with E-state index in [-0.39, 0.29) is 5.91 Å². The molecule has 2 rings (SSSR count). The van der Waals surface area contributed by atoms with Crippen LogP contribution in [0.1, 0.15) is 22.7 Å². The minimum Gasteiger partial charge on any atom is -0.340 e. The van der Waals surface area contributed by atoms with Gasteiger partial charge in [-0.3, -0.25) is 4.79 Å². The lowest BCUT2D eigenvalue weighted by Crippen LogP contribution is -2.26. The second-order valence-corrected chi connectivity index (χ2v) is 5.66. The van der Waals surface area contributed by atoms with Crippen LogP contribution in [0.15, 0.2) is 35.7 Å². The molecule has 1 aromatic carbocycles. The number of carbonyl (C=O) groups excluding carboxylic acids is 1. The molecule has 0 spiro atoms. The van der Waals surface area contributed by atoms with Crippen molar-refractivity contribution in [1.29, 1.82) is 0 Å². The largest absolute Gasteiger partial charge is 0.340 e. The number of thiazole rings is 1. The molecule has 0 saturated carbocycles. The molecule has 0 aliphatic heterocycles. The number of hydrogen-bond acceptors (Lipinski definition) is 3. The van der Waals surface area contributed by atoms with E-state index in [4.69, 9.17) is 0 Å². The Bertz CT molecular complexity index is 536. The van der Waals surface area contributed by atoms with E-state index in [1.165, 1.54) is 5.56 Å². The van der Waals surface area contributed by atoms with Crippen molar-refractivity contribution >= 4 is 17.2 Å². The number of amides is 1. The SMILES string of the molecule is Cc1nc(CN(C)C(=O)CCc2ccccc2)cs1. The smallest absolute Gasteiger partial charge is 0.222 e. The minimum atomic E-state index is 0.162. The third-order valence-corrected chi connectivity index (χ3v) is 3.78. The molecule has 0 saturated heterocycles. The van der Waals surface area contributed by atoms with Gasteiger partial charge in [-0.1, -0.05) is 30.3 Å². The molecule has 1 aromatic heterocycles. The van der Waals surface area contributed by atoms with E-state index in [0.717, 1.165) is 17.1 Å². The van der Waals surface area contributed by atoms with Crippen LogP contribution in [-0.4, -0.2) is 22.8 Å². The number of nitrogens with zero attached hydrogens (tertiary/aromatic N) is 2. The highest BCUT2D eigenvalue weighted by molar-refractivity contribution is 7.09. The Labute approximate surface area is 117 Å². The van der Waals surface area contributed by atoms with Crippen molar-refractivity contribution in [3.63, 3.8) is 0 Å². The van der Waals surface area contributed by atoms with E-state index in [2.05, 4.69) is 17.1 Å². The van der Waals surface area contributed by atoms with Crippen LogP contribution in [-0.2, 0) is 17.8 Å². The molecule has 2 aromatic rings. The first-order valence-electron chi connectivity index (χ1n) is 6.34. The molecule has 0 bridgehead atoms. The number of hydrogen-bond donors (Lipinski definition) is 0. The number of aryl methyl sites for hydroxylation is 2. The van der Waals surface area contributed by atoms with Gasteiger partial charge in [0.1, 0.15) is 0 Å². The second-order valence-electron chi connectivity index (χ2n) is 4.59. The van der Waals surface area contributed by atoms with Crippen molar-refractivity contribution in [2.75, 3.05) is 7.05 Å². The normalized spacial score (nSPS) is 10.4. The molecule has 1 heterocycles. The zero-order valence-corrected chi connectivity index (χ0v) is 12.1. The summed E-state index contributed by atoms with van der Waals surface area (Å²) in [6.07, 6.45) is 1.34. The van der Waals surface area contributed by atoms with Gasteiger partial charge in [-0.25, -0.2) is 4.98 Å². The van der Waals surface area contributed by atoms with Gasteiger partial charge in [-0.2, -0.15) is 0 Å². The Morgan fingerprint density at radius 3 is 2.68 bits per heavy atom. The highest BCUT2D eigenvalue weighted by Gasteiger charge is 2.10. The molecule has 1 amide bonds. The molecule has 0 fully saturated rings. The van der Waals surface area contributed by atoms with E-state index in [0.29, 0.717) is 13.0 Å². The summed E-state index contributed by atoms with van der Waals surface area (Å²) in [7, 11) is 1.84. The molecule has 3 nitrogen and oxygen atoms in total. The summed E-state index contributed by atoms with van der Waals surface area (Å²) in [5, 5.41) is 3.05. The fourth-order valence-electron chi connectivity index (χ4n) is 1.90. The lowest BCUT2D eigenvalue weighted by atomic mass is 10.1. The summed E-state index contributed by atoms with van der Waals surface area (Å²) in [6.45, 7) is 2.57. The number of aromatic nitrogens is 1. The Hall–Kier alpha value is -1.68. The highest BCUT2D eigenvalue weighted by Crippen LogP contribution is 2.11. The van der Waals surface area contributed by atoms with Gasteiger partial charge in [0.25, 0.3) is 0 Å². The number of rotatable bonds is 5. The van der Waals surface area contributed by atoms with Gasteiger partial charge >= 0.3 is 0 Å². The van der Waals surface area contributed by atoms with Crippen molar-refractivity contribution < 1.29 is 4.79 Å². The molecule has 4 heteroatoms. The summed E-state index contributed by atoms with van der Waals surface area (Å²) >= 11 is 1.62. The van der Waals surface area contributed by atoms with Gasteiger partial charge in [0.05, 0.1) is 17.2 Å². The van der Waals surface area contributed by atoms with Gasteiger partial charge in [0.15, 0.2) is 0 Å². The van der Waals surface area contributed by atoms with Crippen LogP contribution in [0.5, 0.6) is 0 Å². The summed E-state index contributed by atoms with van der Waals surface area (Å²) < 4.78 is 0. The van der Waals surface area contributed by atoms with Crippen LogP contribution < -0.4 is 0 Å². The first-order valence-corrected chi connectivity index (χ1v) is 7.22. The van der Waals surface area contributed by atoms with E-state index in [1.807, 2.05) is 37.6 Å². The third-order valence-electron chi connectivity index (χ3n) is 2.96. The predicted octanol–water partition coefficient (Wildman–Crippen LogP) is 3.04. The minimum absolute atomic E-state index is 0.162. The first kappa shape index (κ1) is 13.7. The quantitative estimate of drug-likeness (QED) is 0.839. The van der Waals surface area contributed by atoms with Crippen LogP contribution in [0.25, 0.3) is 0 Å². The van der Waals surface area contributed by atoms with E-state index >= 15 is 0 Å².